The second-order valence-corrected chi connectivity index (χ2v) is 14.6. The van der Waals surface area contributed by atoms with Crippen molar-refractivity contribution in [1.29, 1.82) is 0 Å². The number of thiophene rings is 1. The number of nitrogens with zero attached hydrogens (tertiary/aromatic N) is 2. The van der Waals surface area contributed by atoms with Crippen LogP contribution in [0.15, 0.2) is 67.0 Å². The van der Waals surface area contributed by atoms with E-state index in [9.17, 15) is 14.8 Å². The summed E-state index contributed by atoms with van der Waals surface area (Å²) >= 11 is 14.1. The molecule has 0 saturated carbocycles. The molecule has 264 valence electrons. The Morgan fingerprint density at radius 2 is 1.76 bits per heavy atom. The maximum absolute atomic E-state index is 13.9. The SMILES string of the molecule is COc1ccc([C@H](Cc2c(Cl)c[n+]([O-])cc2Cl)OC(=O)c2ccc(CNC3(C(=O)OC4CCN(C)CC4)CCc4ccccc43)s2)cc1OC. The number of fused-ring (bicyclic) bond motifs is 1. The molecule has 1 saturated heterocycles. The minimum absolute atomic E-state index is 0.0981. The van der Waals surface area contributed by atoms with Gasteiger partial charge in [0.05, 0.1) is 14.2 Å². The first-order valence-corrected chi connectivity index (χ1v) is 18.0. The summed E-state index contributed by atoms with van der Waals surface area (Å²) in [5.74, 6) is 0.158. The van der Waals surface area contributed by atoms with Crippen LogP contribution in [0, 0.1) is 5.21 Å². The van der Waals surface area contributed by atoms with Crippen LogP contribution in [0.2, 0.25) is 10.0 Å². The number of methoxy groups -OCH3 is 2. The number of aryl methyl sites for hydroxylation is 1. The number of hydrogen-bond acceptors (Lipinski definition) is 10. The van der Waals surface area contributed by atoms with E-state index in [0.29, 0.717) is 45.2 Å². The molecule has 1 aliphatic heterocycles. The van der Waals surface area contributed by atoms with Crippen LogP contribution in [0.3, 0.4) is 0 Å². The van der Waals surface area contributed by atoms with Crippen molar-refractivity contribution in [3.05, 3.63) is 114 Å². The first-order valence-electron chi connectivity index (χ1n) is 16.4. The highest BCUT2D eigenvalue weighted by Crippen LogP contribution is 2.40. The quantitative estimate of drug-likeness (QED) is 0.100. The zero-order valence-electron chi connectivity index (χ0n) is 28.1. The van der Waals surface area contributed by atoms with Crippen LogP contribution in [0.1, 0.15) is 62.2 Å². The summed E-state index contributed by atoms with van der Waals surface area (Å²) in [7, 11) is 5.13. The van der Waals surface area contributed by atoms with Gasteiger partial charge in [-0.1, -0.05) is 53.5 Å². The van der Waals surface area contributed by atoms with E-state index in [1.54, 1.807) is 24.3 Å². The average Bonchev–Trinajstić information content (AvgIpc) is 3.75. The fraction of sp³-hybridized carbons (Fsp3) is 0.378. The van der Waals surface area contributed by atoms with Gasteiger partial charge in [-0.2, -0.15) is 4.73 Å². The van der Waals surface area contributed by atoms with E-state index < -0.39 is 17.6 Å². The third-order valence-corrected chi connectivity index (χ3v) is 11.2. The summed E-state index contributed by atoms with van der Waals surface area (Å²) in [5.41, 5.74) is 2.15. The molecule has 1 unspecified atom stereocenters. The van der Waals surface area contributed by atoms with E-state index in [-0.39, 0.29) is 28.5 Å². The molecule has 0 bridgehead atoms. The molecule has 3 heterocycles. The van der Waals surface area contributed by atoms with Crippen molar-refractivity contribution in [3.63, 3.8) is 0 Å². The molecule has 4 aromatic rings. The van der Waals surface area contributed by atoms with Crippen molar-refractivity contribution in [3.8, 4) is 11.5 Å². The van der Waals surface area contributed by atoms with Gasteiger partial charge in [-0.15, -0.1) is 11.3 Å². The number of rotatable bonds is 12. The first-order chi connectivity index (χ1) is 24.1. The van der Waals surface area contributed by atoms with Gasteiger partial charge in [-0.25, -0.2) is 9.59 Å². The number of likely N-dealkylation sites (tertiary alicyclic amines) is 1. The molecule has 2 aromatic carbocycles. The predicted octanol–water partition coefficient (Wildman–Crippen LogP) is 6.42. The smallest absolute Gasteiger partial charge is 0.348 e. The Labute approximate surface area is 305 Å². The minimum Gasteiger partial charge on any atom is -0.619 e. The summed E-state index contributed by atoms with van der Waals surface area (Å²) in [6.07, 6.45) is 4.51. The normalized spacial score (nSPS) is 18.3. The van der Waals surface area contributed by atoms with Gasteiger partial charge in [0.15, 0.2) is 23.9 Å². The Balaban J connectivity index is 1.21. The second-order valence-electron chi connectivity index (χ2n) is 12.6. The number of ether oxygens (including phenoxy) is 4. The van der Waals surface area contributed by atoms with Gasteiger partial charge in [0, 0.05) is 36.5 Å². The van der Waals surface area contributed by atoms with Crippen molar-refractivity contribution in [2.75, 3.05) is 34.4 Å². The lowest BCUT2D eigenvalue weighted by Gasteiger charge is -2.34. The number of piperidine rings is 1. The van der Waals surface area contributed by atoms with Crippen LogP contribution in [-0.4, -0.2) is 57.3 Å². The molecule has 1 N–H and O–H groups in total. The van der Waals surface area contributed by atoms with Crippen LogP contribution in [0.5, 0.6) is 11.5 Å². The van der Waals surface area contributed by atoms with Crippen LogP contribution in [-0.2, 0) is 39.2 Å². The highest BCUT2D eigenvalue weighted by atomic mass is 35.5. The molecule has 1 fully saturated rings. The number of esters is 2. The number of benzene rings is 2. The van der Waals surface area contributed by atoms with Gasteiger partial charge in [0.1, 0.15) is 32.7 Å². The molecule has 2 atom stereocenters. The van der Waals surface area contributed by atoms with Crippen molar-refractivity contribution >= 4 is 46.5 Å². The molecule has 13 heteroatoms. The molecular formula is C37H39Cl2N3O7S. The van der Waals surface area contributed by atoms with Gasteiger partial charge in [0.2, 0.25) is 0 Å². The van der Waals surface area contributed by atoms with Crippen LogP contribution < -0.4 is 19.5 Å². The van der Waals surface area contributed by atoms with Crippen molar-refractivity contribution in [2.24, 2.45) is 0 Å². The Kier molecular flexibility index (Phi) is 11.2. The number of pyridine rings is 1. The summed E-state index contributed by atoms with van der Waals surface area (Å²) in [4.78, 5) is 31.1. The number of halogens is 2. The fourth-order valence-corrected chi connectivity index (χ4v) is 8.06. The van der Waals surface area contributed by atoms with E-state index in [4.69, 9.17) is 42.1 Å². The molecule has 0 amide bonds. The zero-order valence-corrected chi connectivity index (χ0v) is 30.4. The van der Waals surface area contributed by atoms with Gasteiger partial charge < -0.3 is 29.1 Å². The second kappa shape index (κ2) is 15.6. The molecule has 50 heavy (non-hydrogen) atoms. The lowest BCUT2D eigenvalue weighted by molar-refractivity contribution is -0.605. The van der Waals surface area contributed by atoms with E-state index in [0.717, 1.165) is 48.4 Å². The van der Waals surface area contributed by atoms with Crippen molar-refractivity contribution in [2.45, 2.75) is 56.4 Å². The standard InChI is InChI=1S/C37H39Cl2N3O7S/c1-41-16-13-25(14-17-41)48-36(44)37(15-12-23-6-4-5-7-28(23)37)40-20-26-9-11-34(50-26)35(43)49-32(19-27-29(38)21-42(45)22-30(27)39)24-8-10-31(46-2)33(18-24)47-3/h4-11,18,21-22,25,32,40H,12-17,19-20H2,1-3H3/t32-,37?/m0/s1. The highest BCUT2D eigenvalue weighted by molar-refractivity contribution is 7.13. The predicted molar refractivity (Wildman–Crippen MR) is 191 cm³/mol. The molecule has 0 spiro atoms. The maximum atomic E-state index is 13.9. The molecular weight excluding hydrogens is 701 g/mol. The Morgan fingerprint density at radius 1 is 1.04 bits per heavy atom. The zero-order chi connectivity index (χ0) is 35.4. The molecule has 2 aliphatic rings. The van der Waals surface area contributed by atoms with Gasteiger partial charge in [0.25, 0.3) is 0 Å². The molecule has 1 aliphatic carbocycles. The summed E-state index contributed by atoms with van der Waals surface area (Å²) in [5, 5.41) is 15.7. The summed E-state index contributed by atoms with van der Waals surface area (Å²) in [6, 6.07) is 16.8. The van der Waals surface area contributed by atoms with E-state index in [1.165, 1.54) is 38.0 Å². The topological polar surface area (TPSA) is 113 Å². The van der Waals surface area contributed by atoms with Gasteiger partial charge in [-0.05, 0) is 73.7 Å². The van der Waals surface area contributed by atoms with Crippen molar-refractivity contribution < 1.29 is 33.3 Å². The van der Waals surface area contributed by atoms with Crippen molar-refractivity contribution in [1.82, 2.24) is 10.2 Å². The molecule has 10 nitrogen and oxygen atoms in total. The van der Waals surface area contributed by atoms with E-state index in [1.807, 2.05) is 24.3 Å². The fourth-order valence-electron chi connectivity index (χ4n) is 6.63. The molecule has 6 rings (SSSR count). The minimum atomic E-state index is -0.987. The monoisotopic (exact) mass is 739 g/mol. The van der Waals surface area contributed by atoms with Crippen LogP contribution >= 0.6 is 34.5 Å². The lowest BCUT2D eigenvalue weighted by atomic mass is 9.91. The first kappa shape index (κ1) is 35.9. The maximum Gasteiger partial charge on any atom is 0.348 e. The number of carbonyl (C=O) groups is 2. The number of nitrogens with one attached hydrogen (secondary N) is 1. The Morgan fingerprint density at radius 3 is 2.48 bits per heavy atom. The highest BCUT2D eigenvalue weighted by Gasteiger charge is 2.47. The number of carbonyl (C=O) groups excluding carboxylic acids is 2. The summed E-state index contributed by atoms with van der Waals surface area (Å²) in [6.45, 7) is 2.13. The Bertz CT molecular complexity index is 1840. The van der Waals surface area contributed by atoms with E-state index in [2.05, 4.69) is 23.3 Å². The number of aromatic nitrogens is 1. The molecule has 2 aromatic heterocycles. The van der Waals surface area contributed by atoms with Gasteiger partial charge >= 0.3 is 11.9 Å². The largest absolute Gasteiger partial charge is 0.619 e. The number of hydrogen-bond donors (Lipinski definition) is 1. The van der Waals surface area contributed by atoms with Crippen LogP contribution in [0.4, 0.5) is 0 Å². The average molecular weight is 741 g/mol. The third-order valence-electron chi connectivity index (χ3n) is 9.44. The Hall–Kier alpha value is -3.87. The lowest BCUT2D eigenvalue weighted by Crippen LogP contribution is -2.50. The van der Waals surface area contributed by atoms with Crippen LogP contribution in [0.25, 0.3) is 0 Å². The van der Waals surface area contributed by atoms with E-state index >= 15 is 0 Å². The molecule has 0 radical (unpaired) electrons. The third kappa shape index (κ3) is 7.72. The van der Waals surface area contributed by atoms with Gasteiger partial charge in [-0.3, -0.25) is 5.32 Å². The summed E-state index contributed by atoms with van der Waals surface area (Å²) < 4.78 is 23.7.